The van der Waals surface area contributed by atoms with Crippen molar-refractivity contribution in [3.8, 4) is 20.9 Å². The van der Waals surface area contributed by atoms with Crippen LogP contribution in [-0.4, -0.2) is 10.2 Å². The van der Waals surface area contributed by atoms with Gasteiger partial charge in [-0.25, -0.2) is 0 Å². The van der Waals surface area contributed by atoms with Gasteiger partial charge in [-0.3, -0.25) is 0 Å². The molecule has 0 atom stereocenters. The smallest absolute Gasteiger partial charge is 0.150 e. The first-order chi connectivity index (χ1) is 25.7. The Morgan fingerprint density at radius 2 is 0.630 bits per heavy atom. The molecule has 0 aliphatic carbocycles. The molecule has 6 heteroatoms. The Balaban J connectivity index is 1.25. The molecule has 272 valence electrons. The minimum absolute atomic E-state index is 0.888. The predicted molar refractivity (Wildman–Crippen MR) is 234 cm³/mol. The van der Waals surface area contributed by atoms with Gasteiger partial charge in [-0.15, -0.1) is 45.3 Å². The Labute approximate surface area is 334 Å². The number of benzene rings is 4. The van der Waals surface area contributed by atoms with Crippen molar-refractivity contribution in [2.75, 3.05) is 0 Å². The molecule has 0 aliphatic rings. The van der Waals surface area contributed by atoms with Crippen molar-refractivity contribution in [3.05, 3.63) is 184 Å². The van der Waals surface area contributed by atoms with E-state index in [1.54, 1.807) is 45.3 Å². The Morgan fingerprint density at radius 3 is 0.889 bits per heavy atom. The molecule has 8 rings (SSSR count). The molecule has 8 aromatic rings. The number of thiophene rings is 4. The van der Waals surface area contributed by atoms with Gasteiger partial charge in [0.25, 0.3) is 0 Å². The molecule has 4 heterocycles. The number of aliphatic hydroxyl groups is 2. The van der Waals surface area contributed by atoms with E-state index in [0.29, 0.717) is 0 Å². The van der Waals surface area contributed by atoms with Gasteiger partial charge in [-0.05, 0) is 113 Å². The highest BCUT2D eigenvalue weighted by Gasteiger charge is 2.40. The minimum atomic E-state index is -1.32. The fraction of sp³-hybridized carbons (Fsp3) is 0.208. The van der Waals surface area contributed by atoms with E-state index >= 15 is 0 Å². The van der Waals surface area contributed by atoms with Crippen molar-refractivity contribution in [1.29, 1.82) is 0 Å². The van der Waals surface area contributed by atoms with Gasteiger partial charge in [0.15, 0.2) is 0 Å². The third-order valence-electron chi connectivity index (χ3n) is 10.3. The summed E-state index contributed by atoms with van der Waals surface area (Å²) in [6.45, 7) is 16.8. The summed E-state index contributed by atoms with van der Waals surface area (Å²) in [4.78, 5) is 4.13. The summed E-state index contributed by atoms with van der Waals surface area (Å²) < 4.78 is 2.39. The first-order valence-electron chi connectivity index (χ1n) is 18.2. The molecule has 0 fully saturated rings. The van der Waals surface area contributed by atoms with Crippen molar-refractivity contribution in [2.45, 2.75) is 66.6 Å². The Bertz CT molecular complexity index is 2300. The fourth-order valence-electron chi connectivity index (χ4n) is 8.26. The number of hydrogen-bond acceptors (Lipinski definition) is 6. The van der Waals surface area contributed by atoms with E-state index in [1.807, 2.05) is 0 Å². The van der Waals surface area contributed by atoms with E-state index in [9.17, 15) is 10.2 Å². The maximum atomic E-state index is 13.1. The number of rotatable bonds is 8. The molecule has 4 aromatic heterocycles. The molecule has 0 amide bonds. The van der Waals surface area contributed by atoms with Gasteiger partial charge < -0.3 is 10.2 Å². The molecule has 0 bridgehead atoms. The topological polar surface area (TPSA) is 40.5 Å². The summed E-state index contributed by atoms with van der Waals surface area (Å²) in [5, 5.41) is 30.4. The molecule has 0 radical (unpaired) electrons. The van der Waals surface area contributed by atoms with Crippen LogP contribution in [0.2, 0.25) is 0 Å². The average molecular weight is 781 g/mol. The SMILES string of the molecule is Cc1cc(C)cc(C(O)(c2cc(C)cc(C)c2)c2sccc2-c2cc3sc(-c4ccsc4C(O)(c4cc(C)cc(C)c4)c4cc(C)cc(C)c4)cc3s2)c1. The average Bonchev–Trinajstić information content (AvgIpc) is 3.90. The largest absolute Gasteiger partial charge is 0.375 e. The van der Waals surface area contributed by atoms with Gasteiger partial charge in [0, 0.05) is 30.3 Å². The molecule has 0 spiro atoms. The molecule has 0 aliphatic heterocycles. The van der Waals surface area contributed by atoms with Crippen LogP contribution in [0.25, 0.3) is 30.3 Å². The minimum Gasteiger partial charge on any atom is -0.375 e. The maximum Gasteiger partial charge on any atom is 0.150 e. The van der Waals surface area contributed by atoms with Crippen LogP contribution in [0.3, 0.4) is 0 Å². The first kappa shape index (κ1) is 36.8. The predicted octanol–water partition coefficient (Wildman–Crippen LogP) is 13.5. The molecule has 2 N–H and O–H groups in total. The molecule has 2 nitrogen and oxygen atoms in total. The van der Waals surface area contributed by atoms with Crippen LogP contribution in [0.4, 0.5) is 0 Å². The second kappa shape index (κ2) is 13.9. The second-order valence-electron chi connectivity index (χ2n) is 15.2. The zero-order valence-electron chi connectivity index (χ0n) is 31.9. The second-order valence-corrected chi connectivity index (χ2v) is 19.2. The van der Waals surface area contributed by atoms with Crippen molar-refractivity contribution >= 4 is 54.7 Å². The van der Waals surface area contributed by atoms with Crippen LogP contribution in [-0.2, 0) is 11.2 Å². The Hall–Kier alpha value is -4.14. The van der Waals surface area contributed by atoms with Gasteiger partial charge >= 0.3 is 0 Å². The van der Waals surface area contributed by atoms with Crippen LogP contribution in [0.5, 0.6) is 0 Å². The van der Waals surface area contributed by atoms with Crippen molar-refractivity contribution < 1.29 is 10.2 Å². The summed E-state index contributed by atoms with van der Waals surface area (Å²) >= 11 is 6.77. The van der Waals surface area contributed by atoms with Gasteiger partial charge in [0.05, 0.1) is 9.75 Å². The van der Waals surface area contributed by atoms with E-state index in [-0.39, 0.29) is 0 Å². The highest BCUT2D eigenvalue weighted by molar-refractivity contribution is 7.31. The van der Waals surface area contributed by atoms with Crippen molar-refractivity contribution in [2.24, 2.45) is 0 Å². The van der Waals surface area contributed by atoms with Crippen LogP contribution >= 0.6 is 45.3 Å². The van der Waals surface area contributed by atoms with Crippen LogP contribution in [0.15, 0.2) is 108 Å². The van der Waals surface area contributed by atoms with E-state index in [1.165, 1.54) is 9.40 Å². The van der Waals surface area contributed by atoms with Crippen molar-refractivity contribution in [1.82, 2.24) is 0 Å². The quantitative estimate of drug-likeness (QED) is 0.161. The maximum absolute atomic E-state index is 13.1. The monoisotopic (exact) mass is 780 g/mol. The molecule has 4 aromatic carbocycles. The molecular weight excluding hydrogens is 737 g/mol. The molecule has 0 unspecified atom stereocenters. The summed E-state index contributed by atoms with van der Waals surface area (Å²) in [6, 6.07) is 34.6. The number of aryl methyl sites for hydroxylation is 8. The number of fused-ring (bicyclic) bond motifs is 1. The molecule has 0 saturated carbocycles. The summed E-state index contributed by atoms with van der Waals surface area (Å²) in [5.74, 6) is 0. The Morgan fingerprint density at radius 1 is 0.370 bits per heavy atom. The lowest BCUT2D eigenvalue weighted by atomic mass is 9.81. The lowest BCUT2D eigenvalue weighted by Crippen LogP contribution is -2.29. The zero-order valence-corrected chi connectivity index (χ0v) is 35.2. The third-order valence-corrected chi connectivity index (χ3v) is 14.7. The van der Waals surface area contributed by atoms with Crippen molar-refractivity contribution in [3.63, 3.8) is 0 Å². The number of hydrogen-bond donors (Lipinski definition) is 2. The fourth-order valence-corrected chi connectivity index (χ4v) is 13.0. The van der Waals surface area contributed by atoms with E-state index in [4.69, 9.17) is 0 Å². The standard InChI is InChI=1S/C48H44O2S4/c1-27-13-28(2)18-35(17-27)47(49,36-19-29(3)14-30(4)20-36)45-39(9-11-51-45)41-25-43-44(53-41)26-42(54-43)40-10-12-52-46(40)48(50,37-21-31(5)15-32(6)22-37)38-23-33(7)16-34(8)24-38/h9-26,49-50H,1-8H3. The third kappa shape index (κ3) is 6.43. The summed E-state index contributed by atoms with van der Waals surface area (Å²) in [7, 11) is 0. The lowest BCUT2D eigenvalue weighted by Gasteiger charge is -2.31. The van der Waals surface area contributed by atoms with E-state index < -0.39 is 11.2 Å². The van der Waals surface area contributed by atoms with Crippen LogP contribution in [0, 0.1) is 55.4 Å². The molecule has 54 heavy (non-hydrogen) atoms. The van der Waals surface area contributed by atoms with E-state index in [2.05, 4.69) is 163 Å². The highest BCUT2D eigenvalue weighted by Crippen LogP contribution is 2.51. The Kier molecular flexibility index (Phi) is 9.45. The molecule has 0 saturated heterocycles. The zero-order chi connectivity index (χ0) is 38.1. The first-order valence-corrected chi connectivity index (χ1v) is 21.6. The summed E-state index contributed by atoms with van der Waals surface area (Å²) in [6.07, 6.45) is 0. The summed E-state index contributed by atoms with van der Waals surface area (Å²) in [5.41, 5.74) is 12.1. The molecular formula is C48H44O2S4. The van der Waals surface area contributed by atoms with Gasteiger partial charge in [0.2, 0.25) is 0 Å². The lowest BCUT2D eigenvalue weighted by molar-refractivity contribution is 0.129. The van der Waals surface area contributed by atoms with Crippen LogP contribution in [0.1, 0.15) is 76.5 Å². The van der Waals surface area contributed by atoms with Gasteiger partial charge in [-0.2, -0.15) is 0 Å². The van der Waals surface area contributed by atoms with Gasteiger partial charge in [-0.1, -0.05) is 117 Å². The van der Waals surface area contributed by atoms with Crippen LogP contribution < -0.4 is 0 Å². The van der Waals surface area contributed by atoms with Gasteiger partial charge in [0.1, 0.15) is 11.2 Å². The highest BCUT2D eigenvalue weighted by atomic mass is 32.1. The van der Waals surface area contributed by atoms with E-state index in [0.717, 1.165) is 97.4 Å². The normalized spacial score (nSPS) is 12.3.